The van der Waals surface area contributed by atoms with Crippen molar-refractivity contribution in [2.45, 2.75) is 13.5 Å². The zero-order valence-electron chi connectivity index (χ0n) is 10.8. The maximum absolute atomic E-state index is 14.0. The van der Waals surface area contributed by atoms with Crippen LogP contribution in [-0.2, 0) is 6.54 Å². The first-order chi connectivity index (χ1) is 9.54. The monoisotopic (exact) mass is 283 g/mol. The molecule has 2 aromatic rings. The van der Waals surface area contributed by atoms with Gasteiger partial charge in [0.15, 0.2) is 17.5 Å². The van der Waals surface area contributed by atoms with Crippen LogP contribution in [0.2, 0.25) is 0 Å². The Bertz CT molecular complexity index is 626. The van der Waals surface area contributed by atoms with E-state index in [4.69, 9.17) is 0 Å². The molecule has 2 aromatic carbocycles. The number of nitrogens with one attached hydrogen (secondary N) is 1. The van der Waals surface area contributed by atoms with Crippen molar-refractivity contribution in [1.29, 1.82) is 0 Å². The van der Waals surface area contributed by atoms with Gasteiger partial charge in [-0.15, -0.1) is 0 Å². The third-order valence-corrected chi connectivity index (χ3v) is 2.94. The molecule has 5 heteroatoms. The summed E-state index contributed by atoms with van der Waals surface area (Å²) in [5.74, 6) is -4.96. The zero-order valence-corrected chi connectivity index (χ0v) is 10.8. The first-order valence-electron chi connectivity index (χ1n) is 6.17. The van der Waals surface area contributed by atoms with E-state index in [9.17, 15) is 17.6 Å². The molecule has 0 saturated heterocycles. The second-order valence-corrected chi connectivity index (χ2v) is 4.32. The van der Waals surface area contributed by atoms with Crippen molar-refractivity contribution in [2.75, 3.05) is 6.54 Å². The van der Waals surface area contributed by atoms with E-state index in [2.05, 4.69) is 5.32 Å². The Labute approximate surface area is 114 Å². The Balaban J connectivity index is 2.41. The second-order valence-electron chi connectivity index (χ2n) is 4.32. The van der Waals surface area contributed by atoms with E-state index in [0.29, 0.717) is 12.1 Å². The van der Waals surface area contributed by atoms with Gasteiger partial charge >= 0.3 is 0 Å². The minimum atomic E-state index is -1.60. The minimum absolute atomic E-state index is 0.0957. The number of halogens is 4. The molecular weight excluding hydrogens is 270 g/mol. The molecule has 0 aliphatic heterocycles. The van der Waals surface area contributed by atoms with Gasteiger partial charge in [-0.2, -0.15) is 0 Å². The first kappa shape index (κ1) is 14.5. The lowest BCUT2D eigenvalue weighted by molar-refractivity contribution is 0.448. The highest BCUT2D eigenvalue weighted by Gasteiger charge is 2.17. The fourth-order valence-corrected chi connectivity index (χ4v) is 1.89. The Morgan fingerprint density at radius 1 is 0.850 bits per heavy atom. The molecule has 106 valence electrons. The molecule has 0 unspecified atom stereocenters. The van der Waals surface area contributed by atoms with Crippen LogP contribution in [0.15, 0.2) is 30.3 Å². The van der Waals surface area contributed by atoms with E-state index in [-0.39, 0.29) is 11.1 Å². The van der Waals surface area contributed by atoms with Crippen molar-refractivity contribution in [3.8, 4) is 11.1 Å². The normalized spacial score (nSPS) is 10.8. The Hall–Kier alpha value is -1.88. The summed E-state index contributed by atoms with van der Waals surface area (Å²) in [5.41, 5.74) is 0.300. The van der Waals surface area contributed by atoms with Gasteiger partial charge < -0.3 is 5.32 Å². The maximum atomic E-state index is 14.0. The van der Waals surface area contributed by atoms with Crippen molar-refractivity contribution in [2.24, 2.45) is 0 Å². The van der Waals surface area contributed by atoms with Gasteiger partial charge in [-0.25, -0.2) is 17.6 Å². The summed E-state index contributed by atoms with van der Waals surface area (Å²) in [7, 11) is 0. The largest absolute Gasteiger partial charge is 0.313 e. The molecule has 0 aliphatic carbocycles. The van der Waals surface area contributed by atoms with Gasteiger partial charge in [0.25, 0.3) is 0 Å². The van der Waals surface area contributed by atoms with Crippen LogP contribution in [0, 0.1) is 23.3 Å². The number of benzene rings is 2. The van der Waals surface area contributed by atoms with Crippen molar-refractivity contribution >= 4 is 0 Å². The zero-order chi connectivity index (χ0) is 14.7. The standard InChI is InChI=1S/C15H13F4N/c1-2-20-8-9-3-4-10(13(17)7-9)11-5-6-12(16)15(19)14(11)18/h3-7,20H,2,8H2,1H3. The average molecular weight is 283 g/mol. The van der Waals surface area contributed by atoms with Gasteiger partial charge in [0.2, 0.25) is 0 Å². The van der Waals surface area contributed by atoms with Gasteiger partial charge in [0, 0.05) is 17.7 Å². The molecule has 0 aliphatic rings. The van der Waals surface area contributed by atoms with Gasteiger partial charge in [0.1, 0.15) is 5.82 Å². The molecule has 0 bridgehead atoms. The molecule has 0 fully saturated rings. The predicted molar refractivity (Wildman–Crippen MR) is 69.1 cm³/mol. The lowest BCUT2D eigenvalue weighted by atomic mass is 10.0. The van der Waals surface area contributed by atoms with Crippen molar-refractivity contribution in [3.05, 3.63) is 59.2 Å². The number of hydrogen-bond donors (Lipinski definition) is 1. The smallest absolute Gasteiger partial charge is 0.195 e. The summed E-state index contributed by atoms with van der Waals surface area (Å²) in [6.07, 6.45) is 0. The van der Waals surface area contributed by atoms with Crippen LogP contribution in [-0.4, -0.2) is 6.54 Å². The molecule has 2 rings (SSSR count). The van der Waals surface area contributed by atoms with Crippen molar-refractivity contribution in [1.82, 2.24) is 5.32 Å². The molecule has 0 saturated carbocycles. The number of rotatable bonds is 4. The van der Waals surface area contributed by atoms with E-state index in [1.807, 2.05) is 6.92 Å². The summed E-state index contributed by atoms with van der Waals surface area (Å²) >= 11 is 0. The highest BCUT2D eigenvalue weighted by atomic mass is 19.2. The molecule has 0 spiro atoms. The molecular formula is C15H13F4N. The Morgan fingerprint density at radius 3 is 2.20 bits per heavy atom. The Kier molecular flexibility index (Phi) is 4.39. The minimum Gasteiger partial charge on any atom is -0.313 e. The molecule has 20 heavy (non-hydrogen) atoms. The summed E-state index contributed by atoms with van der Waals surface area (Å²) in [6, 6.07) is 6.02. The lowest BCUT2D eigenvalue weighted by Crippen LogP contribution is -2.11. The van der Waals surface area contributed by atoms with E-state index in [0.717, 1.165) is 18.7 Å². The van der Waals surface area contributed by atoms with Crippen LogP contribution in [0.4, 0.5) is 17.6 Å². The maximum Gasteiger partial charge on any atom is 0.195 e. The van der Waals surface area contributed by atoms with Crippen molar-refractivity contribution in [3.63, 3.8) is 0 Å². The summed E-state index contributed by atoms with van der Waals surface area (Å²) < 4.78 is 53.6. The Morgan fingerprint density at radius 2 is 1.55 bits per heavy atom. The average Bonchev–Trinajstić information content (AvgIpc) is 2.44. The van der Waals surface area contributed by atoms with E-state index < -0.39 is 23.3 Å². The molecule has 0 heterocycles. The second kappa shape index (κ2) is 6.05. The topological polar surface area (TPSA) is 12.0 Å². The summed E-state index contributed by atoms with van der Waals surface area (Å²) in [6.45, 7) is 3.14. The number of hydrogen-bond acceptors (Lipinski definition) is 1. The molecule has 0 aromatic heterocycles. The third-order valence-electron chi connectivity index (χ3n) is 2.94. The van der Waals surface area contributed by atoms with Gasteiger partial charge in [-0.05, 0) is 30.3 Å². The fraction of sp³-hybridized carbons (Fsp3) is 0.200. The molecule has 1 nitrogen and oxygen atoms in total. The summed E-state index contributed by atoms with van der Waals surface area (Å²) in [4.78, 5) is 0. The van der Waals surface area contributed by atoms with Gasteiger partial charge in [0.05, 0.1) is 0 Å². The molecule has 0 atom stereocenters. The lowest BCUT2D eigenvalue weighted by Gasteiger charge is -2.08. The van der Waals surface area contributed by atoms with Crippen LogP contribution in [0.1, 0.15) is 12.5 Å². The first-order valence-corrected chi connectivity index (χ1v) is 6.17. The van der Waals surface area contributed by atoms with E-state index in [1.165, 1.54) is 12.1 Å². The van der Waals surface area contributed by atoms with Gasteiger partial charge in [-0.3, -0.25) is 0 Å². The van der Waals surface area contributed by atoms with Crippen LogP contribution in [0.25, 0.3) is 11.1 Å². The molecule has 1 N–H and O–H groups in total. The fourth-order valence-electron chi connectivity index (χ4n) is 1.89. The molecule has 0 amide bonds. The SMILES string of the molecule is CCNCc1ccc(-c2ccc(F)c(F)c2F)c(F)c1. The van der Waals surface area contributed by atoms with Crippen LogP contribution in [0.3, 0.4) is 0 Å². The third kappa shape index (κ3) is 2.82. The van der Waals surface area contributed by atoms with E-state index >= 15 is 0 Å². The van der Waals surface area contributed by atoms with E-state index in [1.54, 1.807) is 6.07 Å². The highest BCUT2D eigenvalue weighted by molar-refractivity contribution is 5.65. The molecule has 0 radical (unpaired) electrons. The van der Waals surface area contributed by atoms with Crippen LogP contribution < -0.4 is 5.32 Å². The highest BCUT2D eigenvalue weighted by Crippen LogP contribution is 2.28. The van der Waals surface area contributed by atoms with Crippen LogP contribution >= 0.6 is 0 Å². The predicted octanol–water partition coefficient (Wildman–Crippen LogP) is 4.02. The quantitative estimate of drug-likeness (QED) is 0.660. The van der Waals surface area contributed by atoms with Crippen LogP contribution in [0.5, 0.6) is 0 Å². The van der Waals surface area contributed by atoms with Crippen molar-refractivity contribution < 1.29 is 17.6 Å². The van der Waals surface area contributed by atoms with Gasteiger partial charge in [-0.1, -0.05) is 19.1 Å². The summed E-state index contributed by atoms with van der Waals surface area (Å²) in [5, 5.41) is 3.03.